The number of sulfonamides is 1. The van der Waals surface area contributed by atoms with E-state index in [0.717, 1.165) is 6.26 Å². The zero-order valence-corrected chi connectivity index (χ0v) is 12.2. The second kappa shape index (κ2) is 7.06. The van der Waals surface area contributed by atoms with Crippen LogP contribution in [0.3, 0.4) is 0 Å². The fraction of sp³-hybridized carbons (Fsp3) is 0.455. The lowest BCUT2D eigenvalue weighted by Gasteiger charge is -2.10. The third kappa shape index (κ3) is 5.02. The van der Waals surface area contributed by atoms with E-state index in [1.165, 1.54) is 19.4 Å². The monoisotopic (exact) mass is 302 g/mol. The molecule has 1 aromatic rings. The van der Waals surface area contributed by atoms with Crippen molar-refractivity contribution in [3.05, 3.63) is 17.8 Å². The second-order valence-electron chi connectivity index (χ2n) is 4.06. The molecule has 0 radical (unpaired) electrons. The van der Waals surface area contributed by atoms with Crippen molar-refractivity contribution >= 4 is 27.5 Å². The summed E-state index contributed by atoms with van der Waals surface area (Å²) in [5.74, 6) is -0.168. The maximum Gasteiger partial charge on any atom is 0.340 e. The summed E-state index contributed by atoms with van der Waals surface area (Å²) in [6.45, 7) is 0.771. The Labute approximate surface area is 117 Å². The molecule has 112 valence electrons. The molecule has 20 heavy (non-hydrogen) atoms. The van der Waals surface area contributed by atoms with Crippen LogP contribution in [0.2, 0.25) is 0 Å². The molecule has 0 spiro atoms. The molecule has 1 aromatic heterocycles. The van der Waals surface area contributed by atoms with Gasteiger partial charge in [-0.05, 0) is 12.5 Å². The van der Waals surface area contributed by atoms with Gasteiger partial charge < -0.3 is 15.8 Å². The van der Waals surface area contributed by atoms with Gasteiger partial charge >= 0.3 is 5.97 Å². The number of carbonyl (C=O) groups is 1. The van der Waals surface area contributed by atoms with Gasteiger partial charge in [0.25, 0.3) is 0 Å². The quantitative estimate of drug-likeness (QED) is 0.471. The average molecular weight is 302 g/mol. The van der Waals surface area contributed by atoms with E-state index in [2.05, 4.69) is 19.8 Å². The number of nitrogens with zero attached hydrogens (tertiary/aromatic N) is 1. The highest BCUT2D eigenvalue weighted by Crippen LogP contribution is 2.20. The average Bonchev–Trinajstić information content (AvgIpc) is 2.38. The first-order chi connectivity index (χ1) is 9.35. The molecule has 9 heteroatoms. The molecule has 1 rings (SSSR count). The van der Waals surface area contributed by atoms with Crippen molar-refractivity contribution < 1.29 is 17.9 Å². The molecule has 1 heterocycles. The number of hydrogen-bond acceptors (Lipinski definition) is 7. The summed E-state index contributed by atoms with van der Waals surface area (Å²) in [6.07, 6.45) is 3.09. The van der Waals surface area contributed by atoms with E-state index in [1.54, 1.807) is 0 Å². The SMILES string of the molecule is COC(=O)c1ccnc(NCCCNS(C)(=O)=O)c1N. The van der Waals surface area contributed by atoms with E-state index in [0.29, 0.717) is 25.3 Å². The molecule has 4 N–H and O–H groups in total. The molecule has 0 atom stereocenters. The van der Waals surface area contributed by atoms with E-state index in [4.69, 9.17) is 5.73 Å². The molecule has 0 saturated carbocycles. The van der Waals surface area contributed by atoms with Crippen LogP contribution in [0.1, 0.15) is 16.8 Å². The third-order valence-electron chi connectivity index (χ3n) is 2.41. The van der Waals surface area contributed by atoms with Gasteiger partial charge in [0.2, 0.25) is 10.0 Å². The molecule has 0 aromatic carbocycles. The maximum absolute atomic E-state index is 11.4. The fourth-order valence-electron chi connectivity index (χ4n) is 1.45. The summed E-state index contributed by atoms with van der Waals surface area (Å²) < 4.78 is 28.7. The molecular formula is C11H18N4O4S. The van der Waals surface area contributed by atoms with Crippen molar-refractivity contribution in [1.29, 1.82) is 0 Å². The minimum absolute atomic E-state index is 0.204. The van der Waals surface area contributed by atoms with Crippen LogP contribution in [0.4, 0.5) is 11.5 Å². The minimum Gasteiger partial charge on any atom is -0.465 e. The van der Waals surface area contributed by atoms with Crippen LogP contribution in [0.25, 0.3) is 0 Å². The van der Waals surface area contributed by atoms with Crippen molar-refractivity contribution in [3.8, 4) is 0 Å². The number of hydrogen-bond donors (Lipinski definition) is 3. The van der Waals surface area contributed by atoms with Crippen LogP contribution in [-0.2, 0) is 14.8 Å². The van der Waals surface area contributed by atoms with Crippen LogP contribution >= 0.6 is 0 Å². The fourth-order valence-corrected chi connectivity index (χ4v) is 1.97. The second-order valence-corrected chi connectivity index (χ2v) is 5.89. The number of methoxy groups -OCH3 is 1. The lowest BCUT2D eigenvalue weighted by Crippen LogP contribution is -2.24. The van der Waals surface area contributed by atoms with Crippen molar-refractivity contribution in [2.45, 2.75) is 6.42 Å². The third-order valence-corrected chi connectivity index (χ3v) is 3.13. The summed E-state index contributed by atoms with van der Waals surface area (Å²) in [7, 11) is -1.91. The van der Waals surface area contributed by atoms with Gasteiger partial charge in [0.15, 0.2) is 0 Å². The largest absolute Gasteiger partial charge is 0.465 e. The highest BCUT2D eigenvalue weighted by molar-refractivity contribution is 7.88. The number of carbonyl (C=O) groups excluding carboxylic acids is 1. The Bertz CT molecular complexity index is 574. The van der Waals surface area contributed by atoms with Crippen LogP contribution < -0.4 is 15.8 Å². The lowest BCUT2D eigenvalue weighted by atomic mass is 10.2. The van der Waals surface area contributed by atoms with E-state index in [9.17, 15) is 13.2 Å². The summed E-state index contributed by atoms with van der Waals surface area (Å²) in [5, 5.41) is 2.94. The highest BCUT2D eigenvalue weighted by Gasteiger charge is 2.13. The molecule has 0 bridgehead atoms. The molecule has 0 unspecified atom stereocenters. The molecule has 0 aliphatic heterocycles. The molecular weight excluding hydrogens is 284 g/mol. The number of nitrogen functional groups attached to an aromatic ring is 1. The Morgan fingerprint density at radius 2 is 2.15 bits per heavy atom. The predicted molar refractivity (Wildman–Crippen MR) is 75.9 cm³/mol. The Balaban J connectivity index is 2.55. The first kappa shape index (κ1) is 16.2. The van der Waals surface area contributed by atoms with E-state index in [-0.39, 0.29) is 11.3 Å². The lowest BCUT2D eigenvalue weighted by molar-refractivity contribution is 0.0602. The zero-order valence-electron chi connectivity index (χ0n) is 11.3. The summed E-state index contributed by atoms with van der Waals surface area (Å²) in [4.78, 5) is 15.5. The zero-order chi connectivity index (χ0) is 15.2. The van der Waals surface area contributed by atoms with Gasteiger partial charge in [0, 0.05) is 19.3 Å². The van der Waals surface area contributed by atoms with Crippen LogP contribution in [0.5, 0.6) is 0 Å². The number of nitrogens with two attached hydrogens (primary N) is 1. The predicted octanol–water partition coefficient (Wildman–Crippen LogP) is -0.198. The van der Waals surface area contributed by atoms with E-state index < -0.39 is 16.0 Å². The molecule has 0 aliphatic rings. The number of pyridine rings is 1. The number of nitrogens with one attached hydrogen (secondary N) is 2. The van der Waals surface area contributed by atoms with Gasteiger partial charge in [-0.2, -0.15) is 0 Å². The van der Waals surface area contributed by atoms with Gasteiger partial charge in [-0.15, -0.1) is 0 Å². The summed E-state index contributed by atoms with van der Waals surface area (Å²) in [6, 6.07) is 1.47. The smallest absolute Gasteiger partial charge is 0.340 e. The van der Waals surface area contributed by atoms with Gasteiger partial charge in [-0.25, -0.2) is 22.9 Å². The summed E-state index contributed by atoms with van der Waals surface area (Å²) in [5.41, 5.74) is 6.25. The van der Waals surface area contributed by atoms with Crippen molar-refractivity contribution in [3.63, 3.8) is 0 Å². The van der Waals surface area contributed by atoms with Crippen molar-refractivity contribution in [2.75, 3.05) is 37.5 Å². The summed E-state index contributed by atoms with van der Waals surface area (Å²) >= 11 is 0. The van der Waals surface area contributed by atoms with Crippen molar-refractivity contribution in [2.24, 2.45) is 0 Å². The van der Waals surface area contributed by atoms with Crippen LogP contribution in [0.15, 0.2) is 12.3 Å². The first-order valence-electron chi connectivity index (χ1n) is 5.86. The van der Waals surface area contributed by atoms with Gasteiger partial charge in [0.05, 0.1) is 24.6 Å². The topological polar surface area (TPSA) is 123 Å². The molecule has 0 aliphatic carbocycles. The Hall–Kier alpha value is -1.87. The highest BCUT2D eigenvalue weighted by atomic mass is 32.2. The number of rotatable bonds is 7. The molecule has 0 saturated heterocycles. The maximum atomic E-state index is 11.4. The van der Waals surface area contributed by atoms with Crippen LogP contribution in [0, 0.1) is 0 Å². The normalized spacial score (nSPS) is 11.1. The van der Waals surface area contributed by atoms with E-state index >= 15 is 0 Å². The van der Waals surface area contributed by atoms with Crippen molar-refractivity contribution in [1.82, 2.24) is 9.71 Å². The first-order valence-corrected chi connectivity index (χ1v) is 7.75. The molecule has 8 nitrogen and oxygen atoms in total. The standard InChI is InChI=1S/C11H18N4O4S/c1-19-11(16)8-4-7-14-10(9(8)12)13-5-3-6-15-20(2,17)18/h4,7,15H,3,5-6,12H2,1-2H3,(H,13,14). The number of anilines is 2. The number of ether oxygens (including phenoxy) is 1. The Morgan fingerprint density at radius 1 is 1.45 bits per heavy atom. The molecule has 0 fully saturated rings. The Morgan fingerprint density at radius 3 is 2.75 bits per heavy atom. The van der Waals surface area contributed by atoms with Gasteiger partial charge in [-0.3, -0.25) is 0 Å². The minimum atomic E-state index is -3.18. The van der Waals surface area contributed by atoms with Gasteiger partial charge in [-0.1, -0.05) is 0 Å². The number of aromatic nitrogens is 1. The Kier molecular flexibility index (Phi) is 5.71. The number of esters is 1. The van der Waals surface area contributed by atoms with E-state index in [1.807, 2.05) is 0 Å². The van der Waals surface area contributed by atoms with Crippen LogP contribution in [-0.4, -0.2) is 45.8 Å². The molecule has 0 amide bonds. The van der Waals surface area contributed by atoms with Gasteiger partial charge in [0.1, 0.15) is 5.82 Å².